The Morgan fingerprint density at radius 2 is 1.95 bits per heavy atom. The number of anilines is 1. The number of amides is 1. The van der Waals surface area contributed by atoms with Crippen LogP contribution in [0.15, 0.2) is 24.3 Å². The van der Waals surface area contributed by atoms with E-state index >= 15 is 0 Å². The van der Waals surface area contributed by atoms with E-state index in [1.54, 1.807) is 18.7 Å². The van der Waals surface area contributed by atoms with Gasteiger partial charge in [-0.2, -0.15) is 0 Å². The van der Waals surface area contributed by atoms with Gasteiger partial charge >= 0.3 is 0 Å². The van der Waals surface area contributed by atoms with Crippen LogP contribution < -0.4 is 4.90 Å². The lowest BCUT2D eigenvalue weighted by atomic mass is 9.87. The summed E-state index contributed by atoms with van der Waals surface area (Å²) >= 11 is 5.61. The van der Waals surface area contributed by atoms with Gasteiger partial charge in [0.05, 0.1) is 10.2 Å². The largest absolute Gasteiger partial charge is 0.312 e. The number of hydrogen-bond donors (Lipinski definition) is 0. The van der Waals surface area contributed by atoms with Crippen LogP contribution in [0.25, 0.3) is 0 Å². The molecule has 1 fully saturated rings. The molecule has 1 saturated heterocycles. The van der Waals surface area contributed by atoms with E-state index in [1.807, 2.05) is 24.3 Å². The van der Waals surface area contributed by atoms with Crippen molar-refractivity contribution in [3.8, 4) is 0 Å². The Bertz CT molecular complexity index is 522. The standard InChI is InChI=1S/C15H17BrINO2/c1-15(2,16)13(19)12-4-3-9-18(14(12)20)11-7-5-10(17)6-8-11/h5-8,12H,3-4,9H2,1-2H3/t12-/m0/s1. The number of nitrogens with zero attached hydrogens (tertiary/aromatic N) is 1. The summed E-state index contributed by atoms with van der Waals surface area (Å²) in [4.78, 5) is 26.7. The number of halogens is 2. The number of Topliss-reactive ketones (excluding diaryl/α,β-unsaturated/α-hetero) is 1. The summed E-state index contributed by atoms with van der Waals surface area (Å²) < 4.78 is 0.479. The average Bonchev–Trinajstić information content (AvgIpc) is 2.38. The fraction of sp³-hybridized carbons (Fsp3) is 0.467. The van der Waals surface area contributed by atoms with E-state index in [-0.39, 0.29) is 11.7 Å². The first-order valence-electron chi connectivity index (χ1n) is 6.61. The van der Waals surface area contributed by atoms with Crippen molar-refractivity contribution in [1.82, 2.24) is 0 Å². The summed E-state index contributed by atoms with van der Waals surface area (Å²) in [6.45, 7) is 4.28. The molecule has 3 nitrogen and oxygen atoms in total. The molecule has 1 heterocycles. The van der Waals surface area contributed by atoms with Crippen molar-refractivity contribution < 1.29 is 9.59 Å². The summed E-state index contributed by atoms with van der Waals surface area (Å²) in [5.41, 5.74) is 0.875. The van der Waals surface area contributed by atoms with Crippen molar-refractivity contribution >= 4 is 55.9 Å². The van der Waals surface area contributed by atoms with Gasteiger partial charge in [-0.1, -0.05) is 15.9 Å². The van der Waals surface area contributed by atoms with Gasteiger partial charge in [-0.05, 0) is 73.5 Å². The van der Waals surface area contributed by atoms with Crippen LogP contribution in [0.4, 0.5) is 5.69 Å². The Hall–Kier alpha value is -0.430. The highest BCUT2D eigenvalue weighted by molar-refractivity contribution is 14.1. The third kappa shape index (κ3) is 3.42. The van der Waals surface area contributed by atoms with Crippen LogP contribution in [-0.2, 0) is 9.59 Å². The second kappa shape index (κ2) is 6.13. The fourth-order valence-electron chi connectivity index (χ4n) is 2.41. The van der Waals surface area contributed by atoms with E-state index in [0.717, 1.165) is 15.7 Å². The minimum absolute atomic E-state index is 0.0299. The van der Waals surface area contributed by atoms with Gasteiger partial charge in [0, 0.05) is 15.8 Å². The van der Waals surface area contributed by atoms with Crippen LogP contribution in [-0.4, -0.2) is 22.6 Å². The Labute approximate surface area is 141 Å². The van der Waals surface area contributed by atoms with Crippen molar-refractivity contribution in [1.29, 1.82) is 0 Å². The Morgan fingerprint density at radius 1 is 1.35 bits per heavy atom. The Kier molecular flexibility index (Phi) is 4.89. The monoisotopic (exact) mass is 449 g/mol. The van der Waals surface area contributed by atoms with Gasteiger partial charge in [-0.15, -0.1) is 0 Å². The zero-order valence-corrected chi connectivity index (χ0v) is 15.3. The van der Waals surface area contributed by atoms with Crippen molar-refractivity contribution in [2.45, 2.75) is 31.0 Å². The predicted molar refractivity (Wildman–Crippen MR) is 92.2 cm³/mol. The minimum atomic E-state index is -0.650. The lowest BCUT2D eigenvalue weighted by Crippen LogP contribution is -2.48. The molecule has 0 aliphatic carbocycles. The van der Waals surface area contributed by atoms with E-state index in [2.05, 4.69) is 38.5 Å². The molecule has 1 aliphatic rings. The van der Waals surface area contributed by atoms with Crippen molar-refractivity contribution in [2.75, 3.05) is 11.4 Å². The third-order valence-corrected chi connectivity index (χ3v) is 4.59. The molecule has 1 atom stereocenters. The molecular weight excluding hydrogens is 433 g/mol. The van der Waals surface area contributed by atoms with Gasteiger partial charge in [0.2, 0.25) is 5.91 Å². The molecule has 2 rings (SSSR count). The first-order chi connectivity index (χ1) is 9.30. The second-order valence-corrected chi connectivity index (χ2v) is 8.73. The third-order valence-electron chi connectivity index (χ3n) is 3.48. The lowest BCUT2D eigenvalue weighted by Gasteiger charge is -2.33. The molecule has 1 aromatic rings. The molecule has 0 spiro atoms. The molecule has 0 unspecified atom stereocenters. The van der Waals surface area contributed by atoms with Crippen molar-refractivity contribution in [3.63, 3.8) is 0 Å². The number of benzene rings is 1. The number of carbonyl (C=O) groups excluding carboxylic acids is 2. The second-order valence-electron chi connectivity index (χ2n) is 5.50. The van der Waals surface area contributed by atoms with Gasteiger partial charge in [0.1, 0.15) is 0 Å². The van der Waals surface area contributed by atoms with Gasteiger partial charge in [-0.25, -0.2) is 0 Å². The predicted octanol–water partition coefficient (Wildman–Crippen LogP) is 3.78. The molecule has 1 amide bonds. The number of hydrogen-bond acceptors (Lipinski definition) is 2. The van der Waals surface area contributed by atoms with Gasteiger partial charge in [0.15, 0.2) is 5.78 Å². The average molecular weight is 450 g/mol. The normalized spacial score (nSPS) is 20.1. The van der Waals surface area contributed by atoms with E-state index in [0.29, 0.717) is 13.0 Å². The van der Waals surface area contributed by atoms with Crippen LogP contribution in [0.3, 0.4) is 0 Å². The van der Waals surface area contributed by atoms with Gasteiger partial charge in [0.25, 0.3) is 0 Å². The molecule has 0 saturated carbocycles. The van der Waals surface area contributed by atoms with E-state index in [1.165, 1.54) is 0 Å². The zero-order valence-electron chi connectivity index (χ0n) is 11.5. The van der Waals surface area contributed by atoms with Crippen LogP contribution in [0.5, 0.6) is 0 Å². The van der Waals surface area contributed by atoms with Gasteiger partial charge in [-0.3, -0.25) is 9.59 Å². The summed E-state index contributed by atoms with van der Waals surface area (Å²) in [6.07, 6.45) is 1.50. The van der Waals surface area contributed by atoms with Crippen LogP contribution >= 0.6 is 38.5 Å². The lowest BCUT2D eigenvalue weighted by molar-refractivity contribution is -0.134. The summed E-state index contributed by atoms with van der Waals surface area (Å²) in [6, 6.07) is 7.82. The van der Waals surface area contributed by atoms with Crippen LogP contribution in [0, 0.1) is 9.49 Å². The molecule has 0 radical (unpaired) electrons. The molecule has 0 bridgehead atoms. The Balaban J connectivity index is 2.23. The van der Waals surface area contributed by atoms with E-state index in [4.69, 9.17) is 0 Å². The molecule has 108 valence electrons. The highest BCUT2D eigenvalue weighted by atomic mass is 127. The molecular formula is C15H17BrINO2. The first kappa shape index (κ1) is 15.9. The topological polar surface area (TPSA) is 37.4 Å². The summed E-state index contributed by atoms with van der Waals surface area (Å²) in [7, 11) is 0. The SMILES string of the molecule is CC(C)(Br)C(=O)[C@@H]1CCCN(c2ccc(I)cc2)C1=O. The molecule has 0 aromatic heterocycles. The number of alkyl halides is 1. The minimum Gasteiger partial charge on any atom is -0.312 e. The maximum atomic E-state index is 12.6. The highest BCUT2D eigenvalue weighted by Crippen LogP contribution is 2.30. The van der Waals surface area contributed by atoms with Crippen LogP contribution in [0.1, 0.15) is 26.7 Å². The highest BCUT2D eigenvalue weighted by Gasteiger charge is 2.40. The quantitative estimate of drug-likeness (QED) is 0.400. The molecule has 5 heteroatoms. The smallest absolute Gasteiger partial charge is 0.237 e. The fourth-order valence-corrected chi connectivity index (χ4v) is 3.05. The summed E-state index contributed by atoms with van der Waals surface area (Å²) in [5, 5.41) is 0. The van der Waals surface area contributed by atoms with Crippen molar-refractivity contribution in [3.05, 3.63) is 27.8 Å². The van der Waals surface area contributed by atoms with Gasteiger partial charge < -0.3 is 4.90 Å². The Morgan fingerprint density at radius 3 is 2.50 bits per heavy atom. The number of rotatable bonds is 3. The molecule has 20 heavy (non-hydrogen) atoms. The first-order valence-corrected chi connectivity index (χ1v) is 8.48. The molecule has 1 aromatic carbocycles. The van der Waals surface area contributed by atoms with E-state index < -0.39 is 10.2 Å². The van der Waals surface area contributed by atoms with Crippen LogP contribution in [0.2, 0.25) is 0 Å². The maximum Gasteiger partial charge on any atom is 0.237 e. The van der Waals surface area contributed by atoms with E-state index in [9.17, 15) is 9.59 Å². The summed E-state index contributed by atoms with van der Waals surface area (Å²) in [5.74, 6) is -0.634. The number of piperidine rings is 1. The number of carbonyl (C=O) groups is 2. The molecule has 0 N–H and O–H groups in total. The zero-order chi connectivity index (χ0) is 14.9. The van der Waals surface area contributed by atoms with Crippen molar-refractivity contribution in [2.24, 2.45) is 5.92 Å². The molecule has 1 aliphatic heterocycles. The number of ketones is 1. The maximum absolute atomic E-state index is 12.6.